The van der Waals surface area contributed by atoms with Crippen molar-refractivity contribution in [2.45, 2.75) is 30.0 Å². The number of primary amides is 1. The van der Waals surface area contributed by atoms with Gasteiger partial charge in [0.25, 0.3) is 0 Å². The molecule has 15 heteroatoms. The van der Waals surface area contributed by atoms with Gasteiger partial charge in [-0.1, -0.05) is 0 Å². The number of aliphatic hydroxyl groups is 1. The van der Waals surface area contributed by atoms with Crippen molar-refractivity contribution in [1.29, 1.82) is 0 Å². The number of nitrogens with two attached hydrogens (primary N) is 3. The zero-order valence-corrected chi connectivity index (χ0v) is 13.5. The Morgan fingerprint density at radius 2 is 2.12 bits per heavy atom. The maximum atomic E-state index is 11.0. The fourth-order valence-corrected chi connectivity index (χ4v) is 3.90. The van der Waals surface area contributed by atoms with Gasteiger partial charge in [-0.2, -0.15) is 8.42 Å². The summed E-state index contributed by atoms with van der Waals surface area (Å²) in [7, 11) is -4.83. The first-order valence-corrected chi connectivity index (χ1v) is 8.39. The van der Waals surface area contributed by atoms with Crippen LogP contribution in [0.3, 0.4) is 0 Å². The number of nitrogens with zero attached hydrogens (tertiary/aromatic N) is 3. The number of amides is 1. The second-order valence-electron chi connectivity index (χ2n) is 5.71. The number of hydrogen-bond donors (Lipinski definition) is 6. The highest BCUT2D eigenvalue weighted by atomic mass is 32.3. The Balaban J connectivity index is 1.96. The van der Waals surface area contributed by atoms with Crippen molar-refractivity contribution in [2.24, 2.45) is 27.2 Å². The monoisotopic (exact) mass is 379 g/mol. The van der Waals surface area contributed by atoms with E-state index in [4.69, 9.17) is 26.5 Å². The minimum Gasteiger partial charge on any atom is -0.447 e. The van der Waals surface area contributed by atoms with E-state index in [2.05, 4.69) is 19.5 Å². The van der Waals surface area contributed by atoms with Crippen molar-refractivity contribution in [1.82, 2.24) is 10.2 Å². The number of carbonyl (C=O) groups is 1. The summed E-state index contributed by atoms with van der Waals surface area (Å²) in [5.74, 6) is -0.150. The van der Waals surface area contributed by atoms with Crippen LogP contribution in [-0.4, -0.2) is 84.1 Å². The summed E-state index contributed by atoms with van der Waals surface area (Å²) in [6.07, 6.45) is -3.92. The molecule has 0 aromatic carbocycles. The average molecular weight is 379 g/mol. The number of aliphatic hydroxyl groups excluding tert-OH is 1. The van der Waals surface area contributed by atoms with E-state index >= 15 is 0 Å². The SMILES string of the molecule is NC(=O)OC[C@@H]1N=C(N)N2C[C@H](OS(=O)(=O)O)[C@@H](O)[C@@]23NC(N)=N[C@H]13. The Kier molecular flexibility index (Phi) is 3.90. The number of ether oxygens (including phenoxy) is 1. The van der Waals surface area contributed by atoms with Gasteiger partial charge in [0, 0.05) is 0 Å². The first-order valence-electron chi connectivity index (χ1n) is 7.03. The first kappa shape index (κ1) is 17.5. The maximum absolute atomic E-state index is 11.0. The topological polar surface area (TPSA) is 228 Å². The fraction of sp³-hybridized carbons (Fsp3) is 0.700. The molecule has 1 spiro atoms. The third-order valence-electron chi connectivity index (χ3n) is 4.25. The maximum Gasteiger partial charge on any atom is 0.404 e. The van der Waals surface area contributed by atoms with Crippen LogP contribution < -0.4 is 22.5 Å². The molecule has 5 atom stereocenters. The smallest absolute Gasteiger partial charge is 0.404 e. The van der Waals surface area contributed by atoms with E-state index in [-0.39, 0.29) is 25.1 Å². The molecule has 3 rings (SSSR count). The van der Waals surface area contributed by atoms with Crippen molar-refractivity contribution in [3.8, 4) is 0 Å². The fourth-order valence-electron chi connectivity index (χ4n) is 3.42. The molecule has 1 amide bonds. The molecule has 1 saturated heterocycles. The summed E-state index contributed by atoms with van der Waals surface area (Å²) in [5, 5.41) is 13.4. The lowest BCUT2D eigenvalue weighted by molar-refractivity contribution is -0.0168. The van der Waals surface area contributed by atoms with E-state index in [1.165, 1.54) is 4.90 Å². The zero-order chi connectivity index (χ0) is 18.6. The van der Waals surface area contributed by atoms with E-state index in [0.717, 1.165) is 0 Å². The molecule has 25 heavy (non-hydrogen) atoms. The second kappa shape index (κ2) is 5.58. The van der Waals surface area contributed by atoms with Gasteiger partial charge in [-0.25, -0.2) is 19.0 Å². The van der Waals surface area contributed by atoms with Crippen molar-refractivity contribution in [3.05, 3.63) is 0 Å². The molecule has 0 aliphatic carbocycles. The number of nitrogens with one attached hydrogen (secondary N) is 1. The molecule has 0 aromatic rings. The van der Waals surface area contributed by atoms with Crippen LogP contribution >= 0.6 is 0 Å². The standard InChI is InChI=1S/C10H17N7O7S/c11-7-15-5-3(2-23-9(13)19)14-8(12)17-1-4(24-25(20,21)22)6(18)10(5,17)16-7/h3-6,18H,1-2H2,(H2,12,14)(H2,13,19)(H3,11,15,16)(H,20,21,22)/t3-,4-,5+,6+,10-/m0/s1. The number of rotatable bonds is 4. The predicted molar refractivity (Wildman–Crippen MR) is 81.4 cm³/mol. The highest BCUT2D eigenvalue weighted by molar-refractivity contribution is 7.80. The second-order valence-corrected chi connectivity index (χ2v) is 6.76. The first-order chi connectivity index (χ1) is 11.5. The Bertz CT molecular complexity index is 755. The van der Waals surface area contributed by atoms with Gasteiger partial charge in [0.2, 0.25) is 0 Å². The highest BCUT2D eigenvalue weighted by Gasteiger charge is 2.66. The Hall–Kier alpha value is -2.36. The highest BCUT2D eigenvalue weighted by Crippen LogP contribution is 2.40. The number of hydrogen-bond acceptors (Lipinski definition) is 12. The van der Waals surface area contributed by atoms with Crippen LogP contribution in [0.15, 0.2) is 9.98 Å². The summed E-state index contributed by atoms with van der Waals surface area (Å²) in [4.78, 5) is 20.5. The van der Waals surface area contributed by atoms with Crippen LogP contribution in [-0.2, 0) is 19.3 Å². The van der Waals surface area contributed by atoms with Crippen molar-refractivity contribution in [3.63, 3.8) is 0 Å². The molecule has 1 fully saturated rings. The molecule has 0 aromatic heterocycles. The Labute approximate surface area is 141 Å². The number of aliphatic imine (C=N–C) groups is 2. The largest absolute Gasteiger partial charge is 0.447 e. The molecule has 0 saturated carbocycles. The van der Waals surface area contributed by atoms with Crippen molar-refractivity contribution in [2.75, 3.05) is 13.2 Å². The molecule has 3 heterocycles. The van der Waals surface area contributed by atoms with Gasteiger partial charge in [0.15, 0.2) is 17.6 Å². The minimum atomic E-state index is -4.83. The number of guanidine groups is 2. The van der Waals surface area contributed by atoms with Crippen molar-refractivity contribution < 1.29 is 31.8 Å². The quantitative estimate of drug-likeness (QED) is 0.255. The van der Waals surface area contributed by atoms with E-state index in [1.54, 1.807) is 0 Å². The Morgan fingerprint density at radius 1 is 1.44 bits per heavy atom. The van der Waals surface area contributed by atoms with Crippen LogP contribution in [0.5, 0.6) is 0 Å². The molecule has 0 unspecified atom stereocenters. The summed E-state index contributed by atoms with van der Waals surface area (Å²) in [5.41, 5.74) is 15.1. The lowest BCUT2D eigenvalue weighted by Gasteiger charge is -2.46. The van der Waals surface area contributed by atoms with Crippen LogP contribution in [0, 0.1) is 0 Å². The van der Waals surface area contributed by atoms with Crippen LogP contribution in [0.4, 0.5) is 4.79 Å². The van der Waals surface area contributed by atoms with Crippen LogP contribution in [0.25, 0.3) is 0 Å². The summed E-state index contributed by atoms with van der Waals surface area (Å²) >= 11 is 0. The third-order valence-corrected chi connectivity index (χ3v) is 4.74. The van der Waals surface area contributed by atoms with Crippen LogP contribution in [0.1, 0.15) is 0 Å². The molecule has 3 aliphatic rings. The van der Waals surface area contributed by atoms with Gasteiger partial charge < -0.3 is 37.3 Å². The van der Waals surface area contributed by atoms with Crippen LogP contribution in [0.2, 0.25) is 0 Å². The molecule has 0 bridgehead atoms. The predicted octanol–water partition coefficient (Wildman–Crippen LogP) is -4.37. The van der Waals surface area contributed by atoms with Gasteiger partial charge in [0.1, 0.15) is 30.9 Å². The Morgan fingerprint density at radius 3 is 2.72 bits per heavy atom. The molecular weight excluding hydrogens is 362 g/mol. The summed E-state index contributed by atoms with van der Waals surface area (Å²) < 4.78 is 40.2. The van der Waals surface area contributed by atoms with Crippen molar-refractivity contribution >= 4 is 28.4 Å². The zero-order valence-electron chi connectivity index (χ0n) is 12.6. The van der Waals surface area contributed by atoms with Gasteiger partial charge >= 0.3 is 16.5 Å². The van der Waals surface area contributed by atoms with E-state index < -0.39 is 46.4 Å². The average Bonchev–Trinajstić information content (AvgIpc) is 2.95. The molecule has 140 valence electrons. The summed E-state index contributed by atoms with van der Waals surface area (Å²) in [6.45, 7) is -0.503. The summed E-state index contributed by atoms with van der Waals surface area (Å²) in [6, 6.07) is -1.72. The minimum absolute atomic E-state index is 0.0597. The van der Waals surface area contributed by atoms with Gasteiger partial charge in [-0.15, -0.1) is 0 Å². The molecule has 0 radical (unpaired) electrons. The molecular formula is C10H17N7O7S. The normalized spacial score (nSPS) is 36.8. The van der Waals surface area contributed by atoms with Gasteiger partial charge in [-0.3, -0.25) is 4.55 Å². The molecule has 3 aliphatic heterocycles. The number of carbonyl (C=O) groups excluding carboxylic acids is 1. The molecule has 9 N–H and O–H groups in total. The van der Waals surface area contributed by atoms with Gasteiger partial charge in [0.05, 0.1) is 6.54 Å². The van der Waals surface area contributed by atoms with E-state index in [1.807, 2.05) is 0 Å². The molecule has 14 nitrogen and oxygen atoms in total. The lowest BCUT2D eigenvalue weighted by atomic mass is 9.88. The van der Waals surface area contributed by atoms with E-state index in [0.29, 0.717) is 0 Å². The lowest BCUT2D eigenvalue weighted by Crippen LogP contribution is -2.73. The third kappa shape index (κ3) is 2.80. The van der Waals surface area contributed by atoms with E-state index in [9.17, 15) is 18.3 Å². The van der Waals surface area contributed by atoms with Gasteiger partial charge in [-0.05, 0) is 0 Å².